The van der Waals surface area contributed by atoms with E-state index >= 15 is 0 Å². The van der Waals surface area contributed by atoms with Crippen molar-refractivity contribution in [2.45, 2.75) is 65.2 Å². The molecule has 0 heterocycles. The van der Waals surface area contributed by atoms with E-state index in [0.717, 1.165) is 5.41 Å². The predicted octanol–water partition coefficient (Wildman–Crippen LogP) is 4.15. The van der Waals surface area contributed by atoms with E-state index in [4.69, 9.17) is 0 Å². The molecule has 0 amide bonds. The fourth-order valence-corrected chi connectivity index (χ4v) is 1.88. The van der Waals surface area contributed by atoms with E-state index in [-0.39, 0.29) is 0 Å². The lowest BCUT2D eigenvalue weighted by Crippen LogP contribution is -1.97. The minimum absolute atomic E-state index is 0.841. The molecular formula is C11H22. The molecule has 0 spiro atoms. The zero-order chi connectivity index (χ0) is 8.16. The lowest BCUT2D eigenvalue weighted by atomic mass is 9.95. The van der Waals surface area contributed by atoms with Crippen molar-refractivity contribution in [3.8, 4) is 0 Å². The number of hydrogen-bond donors (Lipinski definition) is 0. The Hall–Kier alpha value is 0. The van der Waals surface area contributed by atoms with E-state index in [9.17, 15) is 0 Å². The maximum Gasteiger partial charge on any atom is -0.0300 e. The Kier molecular flexibility index (Phi) is 3.42. The van der Waals surface area contributed by atoms with Crippen LogP contribution in [0, 0.1) is 5.41 Å². The Balaban J connectivity index is 1.94. The second-order valence-electron chi connectivity index (χ2n) is 4.16. The van der Waals surface area contributed by atoms with Gasteiger partial charge in [0.2, 0.25) is 0 Å². The summed E-state index contributed by atoms with van der Waals surface area (Å²) in [5.41, 5.74) is 0.841. The molecular weight excluding hydrogens is 132 g/mol. The highest BCUT2D eigenvalue weighted by Crippen LogP contribution is 2.52. The Morgan fingerprint density at radius 2 is 1.73 bits per heavy atom. The molecule has 0 aromatic heterocycles. The normalized spacial score (nSPS) is 20.2. The molecule has 1 aliphatic rings. The fraction of sp³-hybridized carbons (Fsp3) is 1.00. The van der Waals surface area contributed by atoms with Crippen LogP contribution in [0.2, 0.25) is 0 Å². The van der Waals surface area contributed by atoms with E-state index in [0.29, 0.717) is 0 Å². The standard InChI is InChI=1S/C11H22/c1-3-5-6-7-8-11(4-2)9-10-11/h3-10H2,1-2H3. The molecule has 1 saturated carbocycles. The van der Waals surface area contributed by atoms with Gasteiger partial charge in [-0.15, -0.1) is 0 Å². The van der Waals surface area contributed by atoms with E-state index in [2.05, 4.69) is 13.8 Å². The van der Waals surface area contributed by atoms with E-state index in [1.165, 1.54) is 51.4 Å². The number of unbranched alkanes of at least 4 members (excludes halogenated alkanes) is 3. The first-order valence-electron chi connectivity index (χ1n) is 5.33. The Bertz CT molecular complexity index is 101. The molecule has 0 atom stereocenters. The van der Waals surface area contributed by atoms with Gasteiger partial charge in [0.15, 0.2) is 0 Å². The quantitative estimate of drug-likeness (QED) is 0.504. The van der Waals surface area contributed by atoms with Crippen LogP contribution >= 0.6 is 0 Å². The van der Waals surface area contributed by atoms with Gasteiger partial charge >= 0.3 is 0 Å². The topological polar surface area (TPSA) is 0 Å². The molecule has 0 aromatic carbocycles. The Morgan fingerprint density at radius 3 is 2.18 bits per heavy atom. The second kappa shape index (κ2) is 4.13. The van der Waals surface area contributed by atoms with Crippen molar-refractivity contribution in [3.63, 3.8) is 0 Å². The van der Waals surface area contributed by atoms with E-state index in [1.807, 2.05) is 0 Å². The predicted molar refractivity (Wildman–Crippen MR) is 50.7 cm³/mol. The summed E-state index contributed by atoms with van der Waals surface area (Å²) < 4.78 is 0. The molecule has 11 heavy (non-hydrogen) atoms. The van der Waals surface area contributed by atoms with Gasteiger partial charge in [-0.1, -0.05) is 46.0 Å². The molecule has 0 nitrogen and oxygen atoms in total. The average Bonchev–Trinajstić information content (AvgIpc) is 2.80. The van der Waals surface area contributed by atoms with Gasteiger partial charge in [-0.05, 0) is 24.7 Å². The van der Waals surface area contributed by atoms with Gasteiger partial charge in [0, 0.05) is 0 Å². The first kappa shape index (κ1) is 9.09. The van der Waals surface area contributed by atoms with Gasteiger partial charge in [0.05, 0.1) is 0 Å². The molecule has 1 rings (SSSR count). The molecule has 0 saturated heterocycles. The van der Waals surface area contributed by atoms with Crippen LogP contribution in [0.4, 0.5) is 0 Å². The number of hydrogen-bond acceptors (Lipinski definition) is 0. The highest BCUT2D eigenvalue weighted by molar-refractivity contribution is 4.91. The fourth-order valence-electron chi connectivity index (χ4n) is 1.88. The summed E-state index contributed by atoms with van der Waals surface area (Å²) >= 11 is 0. The van der Waals surface area contributed by atoms with Crippen LogP contribution in [0.3, 0.4) is 0 Å². The van der Waals surface area contributed by atoms with Gasteiger partial charge in [-0.25, -0.2) is 0 Å². The van der Waals surface area contributed by atoms with Crippen molar-refractivity contribution in [1.29, 1.82) is 0 Å². The minimum atomic E-state index is 0.841. The molecule has 0 unspecified atom stereocenters. The smallest absolute Gasteiger partial charge is 0.0300 e. The van der Waals surface area contributed by atoms with Crippen LogP contribution in [0.15, 0.2) is 0 Å². The summed E-state index contributed by atoms with van der Waals surface area (Å²) in [6, 6.07) is 0. The molecule has 66 valence electrons. The zero-order valence-electron chi connectivity index (χ0n) is 8.16. The Morgan fingerprint density at radius 1 is 1.00 bits per heavy atom. The van der Waals surface area contributed by atoms with E-state index < -0.39 is 0 Å². The third-order valence-corrected chi connectivity index (χ3v) is 3.27. The lowest BCUT2D eigenvalue weighted by molar-refractivity contribution is 0.421. The molecule has 0 bridgehead atoms. The van der Waals surface area contributed by atoms with Crippen LogP contribution < -0.4 is 0 Å². The summed E-state index contributed by atoms with van der Waals surface area (Å²) in [6.07, 6.45) is 11.8. The van der Waals surface area contributed by atoms with Gasteiger partial charge < -0.3 is 0 Å². The average molecular weight is 154 g/mol. The zero-order valence-corrected chi connectivity index (χ0v) is 8.16. The van der Waals surface area contributed by atoms with Crippen LogP contribution in [-0.4, -0.2) is 0 Å². The van der Waals surface area contributed by atoms with Crippen LogP contribution in [0.1, 0.15) is 65.2 Å². The third-order valence-electron chi connectivity index (χ3n) is 3.27. The summed E-state index contributed by atoms with van der Waals surface area (Å²) in [6.45, 7) is 4.64. The molecule has 1 fully saturated rings. The summed E-state index contributed by atoms with van der Waals surface area (Å²) in [5, 5.41) is 0. The molecule has 0 aromatic rings. The largest absolute Gasteiger partial charge is 0.0654 e. The van der Waals surface area contributed by atoms with Gasteiger partial charge in [0.1, 0.15) is 0 Å². The SMILES string of the molecule is CCCCCCC1(CC)CC1. The van der Waals surface area contributed by atoms with Crippen LogP contribution in [0.25, 0.3) is 0 Å². The van der Waals surface area contributed by atoms with E-state index in [1.54, 1.807) is 0 Å². The van der Waals surface area contributed by atoms with Gasteiger partial charge in [0.25, 0.3) is 0 Å². The second-order valence-corrected chi connectivity index (χ2v) is 4.16. The minimum Gasteiger partial charge on any atom is -0.0654 e. The lowest BCUT2D eigenvalue weighted by Gasteiger charge is -2.10. The summed E-state index contributed by atoms with van der Waals surface area (Å²) in [5.74, 6) is 0. The van der Waals surface area contributed by atoms with Crippen molar-refractivity contribution in [2.24, 2.45) is 5.41 Å². The first-order chi connectivity index (χ1) is 5.33. The number of rotatable bonds is 6. The highest BCUT2D eigenvalue weighted by atomic mass is 14.4. The Labute approximate surface area is 71.4 Å². The molecule has 0 aliphatic heterocycles. The van der Waals surface area contributed by atoms with Crippen molar-refractivity contribution in [3.05, 3.63) is 0 Å². The molecule has 0 heteroatoms. The monoisotopic (exact) mass is 154 g/mol. The third kappa shape index (κ3) is 2.84. The molecule has 1 aliphatic carbocycles. The maximum atomic E-state index is 2.35. The summed E-state index contributed by atoms with van der Waals surface area (Å²) in [4.78, 5) is 0. The molecule has 0 N–H and O–H groups in total. The van der Waals surface area contributed by atoms with Gasteiger partial charge in [-0.2, -0.15) is 0 Å². The van der Waals surface area contributed by atoms with Crippen molar-refractivity contribution < 1.29 is 0 Å². The first-order valence-corrected chi connectivity index (χ1v) is 5.33. The van der Waals surface area contributed by atoms with Crippen LogP contribution in [0.5, 0.6) is 0 Å². The van der Waals surface area contributed by atoms with Crippen molar-refractivity contribution >= 4 is 0 Å². The van der Waals surface area contributed by atoms with Crippen LogP contribution in [-0.2, 0) is 0 Å². The summed E-state index contributed by atoms with van der Waals surface area (Å²) in [7, 11) is 0. The maximum absolute atomic E-state index is 2.35. The highest BCUT2D eigenvalue weighted by Gasteiger charge is 2.39. The van der Waals surface area contributed by atoms with Gasteiger partial charge in [-0.3, -0.25) is 0 Å². The van der Waals surface area contributed by atoms with Crippen molar-refractivity contribution in [1.82, 2.24) is 0 Å². The molecule has 0 radical (unpaired) electrons. The van der Waals surface area contributed by atoms with Crippen molar-refractivity contribution in [2.75, 3.05) is 0 Å².